The van der Waals surface area contributed by atoms with Crippen molar-refractivity contribution in [1.82, 2.24) is 29.9 Å². The van der Waals surface area contributed by atoms with E-state index in [9.17, 15) is 0 Å². The van der Waals surface area contributed by atoms with Gasteiger partial charge in [0.2, 0.25) is 0 Å². The van der Waals surface area contributed by atoms with E-state index in [0.717, 1.165) is 31.0 Å². The van der Waals surface area contributed by atoms with E-state index in [1.807, 2.05) is 24.0 Å². The third-order valence-corrected chi connectivity index (χ3v) is 4.74. The molecule has 1 N–H and O–H groups in total. The van der Waals surface area contributed by atoms with Crippen LogP contribution in [0.1, 0.15) is 29.3 Å². The summed E-state index contributed by atoms with van der Waals surface area (Å²) in [4.78, 5) is 4.01. The quantitative estimate of drug-likeness (QED) is 0.770. The summed E-state index contributed by atoms with van der Waals surface area (Å²) in [6.07, 6.45) is 6.15. The monoisotopic (exact) mass is 338 g/mol. The van der Waals surface area contributed by atoms with Crippen molar-refractivity contribution < 1.29 is 4.74 Å². The molecule has 0 radical (unpaired) electrons. The summed E-state index contributed by atoms with van der Waals surface area (Å²) in [5.74, 6) is 0. The molecule has 2 atom stereocenters. The molecule has 0 amide bonds. The lowest BCUT2D eigenvalue weighted by molar-refractivity contribution is 0.0919. The molecule has 0 saturated carbocycles. The van der Waals surface area contributed by atoms with Crippen molar-refractivity contribution in [3.63, 3.8) is 0 Å². The number of aromatic nitrogens is 5. The van der Waals surface area contributed by atoms with Crippen LogP contribution < -0.4 is 5.32 Å². The summed E-state index contributed by atoms with van der Waals surface area (Å²) >= 11 is 0. The number of hydrogen-bond acceptors (Lipinski definition) is 5. The van der Waals surface area contributed by atoms with Gasteiger partial charge < -0.3 is 10.1 Å². The van der Waals surface area contributed by atoms with E-state index in [1.165, 1.54) is 11.1 Å². The zero-order chi connectivity index (χ0) is 17.2. The van der Waals surface area contributed by atoms with Gasteiger partial charge in [0, 0.05) is 32.4 Å². The van der Waals surface area contributed by atoms with Crippen molar-refractivity contribution in [2.75, 3.05) is 6.61 Å². The lowest BCUT2D eigenvalue weighted by Gasteiger charge is -2.20. The minimum atomic E-state index is 0.0584. The van der Waals surface area contributed by atoms with Crippen LogP contribution in [-0.4, -0.2) is 37.2 Å². The summed E-state index contributed by atoms with van der Waals surface area (Å²) in [6, 6.07) is 8.74. The fourth-order valence-corrected chi connectivity index (χ4v) is 3.42. The second-order valence-electron chi connectivity index (χ2n) is 6.41. The molecular weight excluding hydrogens is 316 g/mol. The van der Waals surface area contributed by atoms with Crippen molar-refractivity contribution in [2.24, 2.45) is 7.05 Å². The first-order chi connectivity index (χ1) is 12.2. The van der Waals surface area contributed by atoms with Crippen LogP contribution in [0, 0.1) is 6.92 Å². The molecule has 0 unspecified atom stereocenters. The summed E-state index contributed by atoms with van der Waals surface area (Å²) in [7, 11) is 1.96. The molecule has 25 heavy (non-hydrogen) atoms. The highest BCUT2D eigenvalue weighted by Gasteiger charge is 2.31. The average Bonchev–Trinajstić information content (AvgIpc) is 3.34. The van der Waals surface area contributed by atoms with Gasteiger partial charge in [0.05, 0.1) is 11.4 Å². The Bertz CT molecular complexity index is 841. The molecule has 0 aliphatic carbocycles. The molecule has 130 valence electrons. The minimum absolute atomic E-state index is 0.0584. The molecule has 1 saturated heterocycles. The lowest BCUT2D eigenvalue weighted by Crippen LogP contribution is -2.32. The maximum absolute atomic E-state index is 5.93. The number of nitrogens with one attached hydrogen (secondary N) is 1. The Kier molecular flexibility index (Phi) is 4.33. The maximum atomic E-state index is 5.93. The van der Waals surface area contributed by atoms with Crippen molar-refractivity contribution in [2.45, 2.75) is 32.0 Å². The van der Waals surface area contributed by atoms with E-state index >= 15 is 0 Å². The van der Waals surface area contributed by atoms with Crippen LogP contribution in [0.3, 0.4) is 0 Å². The zero-order valence-electron chi connectivity index (χ0n) is 14.5. The molecule has 0 spiro atoms. The van der Waals surface area contributed by atoms with Crippen LogP contribution in [0.5, 0.6) is 0 Å². The Morgan fingerprint density at radius 2 is 2.20 bits per heavy atom. The normalized spacial score (nSPS) is 20.2. The number of aryl methyl sites for hydroxylation is 2. The summed E-state index contributed by atoms with van der Waals surface area (Å²) in [5.41, 5.74) is 4.60. The van der Waals surface area contributed by atoms with E-state index in [-0.39, 0.29) is 6.10 Å². The van der Waals surface area contributed by atoms with E-state index in [4.69, 9.17) is 4.74 Å². The molecule has 7 nitrogen and oxygen atoms in total. The zero-order valence-corrected chi connectivity index (χ0v) is 14.5. The number of benzene rings is 1. The van der Waals surface area contributed by atoms with Crippen molar-refractivity contribution >= 4 is 0 Å². The van der Waals surface area contributed by atoms with Crippen LogP contribution >= 0.6 is 0 Å². The van der Waals surface area contributed by atoms with Gasteiger partial charge in [-0.25, -0.2) is 9.67 Å². The molecular formula is C18H22N6O. The molecule has 1 aromatic carbocycles. The molecule has 3 aromatic rings. The van der Waals surface area contributed by atoms with Crippen LogP contribution in [0.25, 0.3) is 5.69 Å². The molecule has 7 heteroatoms. The number of nitrogens with zero attached hydrogens (tertiary/aromatic N) is 5. The van der Waals surface area contributed by atoms with Gasteiger partial charge >= 0.3 is 0 Å². The van der Waals surface area contributed by atoms with E-state index in [2.05, 4.69) is 45.6 Å². The van der Waals surface area contributed by atoms with Gasteiger partial charge in [0.15, 0.2) is 0 Å². The maximum Gasteiger partial charge on any atom is 0.138 e. The van der Waals surface area contributed by atoms with E-state index < -0.39 is 0 Å². The summed E-state index contributed by atoms with van der Waals surface area (Å²) in [5, 5.41) is 12.1. The van der Waals surface area contributed by atoms with Crippen molar-refractivity contribution in [1.29, 1.82) is 0 Å². The molecule has 1 aliphatic rings. The lowest BCUT2D eigenvalue weighted by atomic mass is 10.1. The summed E-state index contributed by atoms with van der Waals surface area (Å²) in [6.45, 7) is 3.68. The smallest absolute Gasteiger partial charge is 0.138 e. The van der Waals surface area contributed by atoms with Gasteiger partial charge in [0.25, 0.3) is 0 Å². The van der Waals surface area contributed by atoms with Crippen LogP contribution in [-0.2, 0) is 18.3 Å². The van der Waals surface area contributed by atoms with Crippen LogP contribution in [0.2, 0.25) is 0 Å². The molecule has 4 rings (SSSR count). The molecule has 1 aliphatic heterocycles. The van der Waals surface area contributed by atoms with Crippen molar-refractivity contribution in [3.05, 3.63) is 59.9 Å². The number of ether oxygens (including phenoxy) is 1. The van der Waals surface area contributed by atoms with Gasteiger partial charge in [0.1, 0.15) is 18.8 Å². The molecule has 0 bridgehead atoms. The molecule has 2 aromatic heterocycles. The van der Waals surface area contributed by atoms with E-state index in [1.54, 1.807) is 17.3 Å². The fourth-order valence-electron chi connectivity index (χ4n) is 3.42. The highest BCUT2D eigenvalue weighted by molar-refractivity contribution is 5.41. The first-order valence-electron chi connectivity index (χ1n) is 8.50. The minimum Gasteiger partial charge on any atom is -0.370 e. The fraction of sp³-hybridized carbons (Fsp3) is 0.389. The highest BCUT2D eigenvalue weighted by Crippen LogP contribution is 2.29. The number of hydrogen-bond donors (Lipinski definition) is 1. The molecule has 3 heterocycles. The first-order valence-corrected chi connectivity index (χ1v) is 8.50. The Labute approximate surface area is 146 Å². The Morgan fingerprint density at radius 3 is 2.92 bits per heavy atom. The Balaban J connectivity index is 1.44. The summed E-state index contributed by atoms with van der Waals surface area (Å²) < 4.78 is 9.61. The van der Waals surface area contributed by atoms with Gasteiger partial charge in [-0.2, -0.15) is 10.2 Å². The van der Waals surface area contributed by atoms with Gasteiger partial charge in [-0.3, -0.25) is 4.68 Å². The predicted octanol–water partition coefficient (Wildman–Crippen LogP) is 1.93. The first kappa shape index (κ1) is 16.0. The standard InChI is InChI=1S/C18H22N6O/c1-13-9-14(3-4-16(13)24-12-19-11-22-24)10-20-15-6-8-25-18(15)17-5-7-21-23(17)2/h3-5,7,9,11-12,15,18,20H,6,8,10H2,1-2H3/t15-,18-/m0/s1. The Morgan fingerprint density at radius 1 is 1.28 bits per heavy atom. The van der Waals surface area contributed by atoms with Gasteiger partial charge in [-0.1, -0.05) is 12.1 Å². The highest BCUT2D eigenvalue weighted by atomic mass is 16.5. The topological polar surface area (TPSA) is 69.8 Å². The van der Waals surface area contributed by atoms with Crippen LogP contribution in [0.4, 0.5) is 0 Å². The number of rotatable bonds is 5. The van der Waals surface area contributed by atoms with Crippen molar-refractivity contribution in [3.8, 4) is 5.69 Å². The van der Waals surface area contributed by atoms with Gasteiger partial charge in [-0.05, 0) is 36.6 Å². The second-order valence-corrected chi connectivity index (χ2v) is 6.41. The largest absolute Gasteiger partial charge is 0.370 e. The van der Waals surface area contributed by atoms with Crippen LogP contribution in [0.15, 0.2) is 43.1 Å². The average molecular weight is 338 g/mol. The van der Waals surface area contributed by atoms with E-state index in [0.29, 0.717) is 6.04 Å². The molecule has 1 fully saturated rings. The third-order valence-electron chi connectivity index (χ3n) is 4.74. The Hall–Kier alpha value is -2.51. The third kappa shape index (κ3) is 3.20. The SMILES string of the molecule is Cc1cc(CN[C@H]2CCO[C@@H]2c2ccnn2C)ccc1-n1cncn1. The second kappa shape index (κ2) is 6.78. The predicted molar refractivity (Wildman–Crippen MR) is 93.2 cm³/mol. The van der Waals surface area contributed by atoms with Gasteiger partial charge in [-0.15, -0.1) is 0 Å².